The van der Waals surface area contributed by atoms with Gasteiger partial charge in [0.2, 0.25) is 0 Å². The van der Waals surface area contributed by atoms with Crippen molar-refractivity contribution in [2.75, 3.05) is 0 Å². The minimum absolute atomic E-state index is 0.264. The third kappa shape index (κ3) is 31.1. The highest BCUT2D eigenvalue weighted by Crippen LogP contribution is 2.07. The Morgan fingerprint density at radius 3 is 1.12 bits per heavy atom. The quantitative estimate of drug-likeness (QED) is 0.255. The SMILES string of the molecule is C=C(CC(C)C)C(=O)O.C=C(CC)C(=O)O.C=C(CCC)C(=O)O.C=C(CCCC)C(=O)O. The normalized spacial score (nSPS) is 8.91. The summed E-state index contributed by atoms with van der Waals surface area (Å²) in [6.45, 7) is 23.0. The van der Waals surface area contributed by atoms with Crippen LogP contribution in [0.2, 0.25) is 0 Å². The van der Waals surface area contributed by atoms with E-state index >= 15 is 0 Å². The standard InChI is InChI=1S/2C7H12O2.C6H10O2.C5H8O2/c1-5(2)4-6(3)7(8)9;1-3-4-5-6(2)7(8)9;1-3-4-5(2)6(7)8;1-3-4(2)5(6)7/h5H,3-4H2,1-2H3,(H,8,9);2-5H2,1H3,(H,8,9);2-4H2,1H3,(H,7,8);2-3H2,1H3,(H,6,7). The third-order valence-corrected chi connectivity index (χ3v) is 3.68. The molecule has 8 nitrogen and oxygen atoms in total. The topological polar surface area (TPSA) is 149 Å². The summed E-state index contributed by atoms with van der Waals surface area (Å²) in [5, 5.41) is 32.9. The lowest BCUT2D eigenvalue weighted by atomic mass is 10.1. The first-order valence-corrected chi connectivity index (χ1v) is 10.7. The van der Waals surface area contributed by atoms with Gasteiger partial charge in [0, 0.05) is 22.3 Å². The lowest BCUT2D eigenvalue weighted by Crippen LogP contribution is -2.01. The molecule has 0 aromatic carbocycles. The Kier molecular flexibility index (Phi) is 26.5. The van der Waals surface area contributed by atoms with Crippen molar-refractivity contribution >= 4 is 23.9 Å². The molecular formula is C25H42O8. The highest BCUT2D eigenvalue weighted by molar-refractivity contribution is 5.86. The Balaban J connectivity index is -0.000000171. The zero-order chi connectivity index (χ0) is 27.1. The molecule has 0 amide bonds. The molecule has 0 atom stereocenters. The van der Waals surface area contributed by atoms with Crippen LogP contribution in [0.15, 0.2) is 48.6 Å². The second kappa shape index (κ2) is 23.5. The summed E-state index contributed by atoms with van der Waals surface area (Å²) in [7, 11) is 0. The fraction of sp³-hybridized carbons (Fsp3) is 0.520. The van der Waals surface area contributed by atoms with Crippen LogP contribution in [0.1, 0.15) is 79.6 Å². The van der Waals surface area contributed by atoms with Crippen LogP contribution in [-0.4, -0.2) is 44.3 Å². The highest BCUT2D eigenvalue weighted by atomic mass is 16.4. The van der Waals surface area contributed by atoms with Crippen LogP contribution >= 0.6 is 0 Å². The number of hydrogen-bond donors (Lipinski definition) is 4. The number of carboxylic acids is 4. The van der Waals surface area contributed by atoms with Gasteiger partial charge in [-0.1, -0.05) is 73.8 Å². The molecule has 0 fully saturated rings. The molecule has 0 heterocycles. The van der Waals surface area contributed by atoms with Crippen molar-refractivity contribution in [3.05, 3.63) is 48.6 Å². The first-order chi connectivity index (χ1) is 15.1. The molecular weight excluding hydrogens is 428 g/mol. The van der Waals surface area contributed by atoms with E-state index in [0.717, 1.165) is 19.3 Å². The molecule has 0 saturated carbocycles. The highest BCUT2D eigenvalue weighted by Gasteiger charge is 2.04. The summed E-state index contributed by atoms with van der Waals surface area (Å²) >= 11 is 0. The van der Waals surface area contributed by atoms with Crippen molar-refractivity contribution in [2.45, 2.75) is 79.6 Å². The lowest BCUT2D eigenvalue weighted by molar-refractivity contribution is -0.133. The average molecular weight is 471 g/mol. The molecule has 8 heteroatoms. The predicted octanol–water partition coefficient (Wildman–Crippen LogP) is 5.96. The summed E-state index contributed by atoms with van der Waals surface area (Å²) < 4.78 is 0. The van der Waals surface area contributed by atoms with E-state index in [1.165, 1.54) is 0 Å². The molecule has 0 bridgehead atoms. The van der Waals surface area contributed by atoms with E-state index in [2.05, 4.69) is 26.3 Å². The van der Waals surface area contributed by atoms with Crippen LogP contribution in [0.5, 0.6) is 0 Å². The van der Waals surface area contributed by atoms with Gasteiger partial charge in [0.25, 0.3) is 0 Å². The fourth-order valence-electron chi connectivity index (χ4n) is 1.64. The maximum Gasteiger partial charge on any atom is 0.330 e. The summed E-state index contributed by atoms with van der Waals surface area (Å²) in [5.41, 5.74) is 1.18. The molecule has 4 N–H and O–H groups in total. The van der Waals surface area contributed by atoms with E-state index < -0.39 is 23.9 Å². The minimum atomic E-state index is -0.900. The van der Waals surface area contributed by atoms with Crippen molar-refractivity contribution in [2.24, 2.45) is 5.92 Å². The number of hydrogen-bond acceptors (Lipinski definition) is 4. The van der Waals surface area contributed by atoms with Gasteiger partial charge in [0.05, 0.1) is 0 Å². The zero-order valence-electron chi connectivity index (χ0n) is 20.8. The van der Waals surface area contributed by atoms with Crippen LogP contribution in [0.3, 0.4) is 0 Å². The van der Waals surface area contributed by atoms with Crippen LogP contribution in [0.4, 0.5) is 0 Å². The van der Waals surface area contributed by atoms with Crippen molar-refractivity contribution < 1.29 is 39.6 Å². The first kappa shape index (κ1) is 37.2. The number of carboxylic acid groups (broad SMARTS) is 4. The largest absolute Gasteiger partial charge is 0.478 e. The molecule has 0 saturated heterocycles. The molecule has 190 valence electrons. The molecule has 0 aromatic rings. The Labute approximate surface area is 198 Å². The first-order valence-electron chi connectivity index (χ1n) is 10.7. The van der Waals surface area contributed by atoms with Crippen LogP contribution in [0, 0.1) is 5.92 Å². The van der Waals surface area contributed by atoms with E-state index in [4.69, 9.17) is 20.4 Å². The Morgan fingerprint density at radius 2 is 0.970 bits per heavy atom. The minimum Gasteiger partial charge on any atom is -0.478 e. The van der Waals surface area contributed by atoms with Crippen molar-refractivity contribution in [1.29, 1.82) is 0 Å². The number of carbonyl (C=O) groups is 4. The van der Waals surface area contributed by atoms with Gasteiger partial charge >= 0.3 is 23.9 Å². The maximum atomic E-state index is 10.1. The van der Waals surface area contributed by atoms with E-state index in [-0.39, 0.29) is 5.57 Å². The Morgan fingerprint density at radius 1 is 0.606 bits per heavy atom. The number of aliphatic carboxylic acids is 4. The van der Waals surface area contributed by atoms with Gasteiger partial charge in [-0.3, -0.25) is 0 Å². The van der Waals surface area contributed by atoms with Gasteiger partial charge < -0.3 is 20.4 Å². The van der Waals surface area contributed by atoms with Gasteiger partial charge in [-0.2, -0.15) is 0 Å². The molecule has 0 unspecified atom stereocenters. The number of unbranched alkanes of at least 4 members (excludes halogenated alkanes) is 1. The van der Waals surface area contributed by atoms with Gasteiger partial charge in [-0.05, 0) is 38.0 Å². The smallest absolute Gasteiger partial charge is 0.330 e. The summed E-state index contributed by atoms with van der Waals surface area (Å²) in [6.07, 6.45) is 5.11. The second-order valence-corrected chi connectivity index (χ2v) is 7.44. The van der Waals surface area contributed by atoms with Gasteiger partial charge in [-0.25, -0.2) is 19.2 Å². The Hall–Kier alpha value is -3.16. The molecule has 0 rings (SSSR count). The summed E-state index contributed by atoms with van der Waals surface area (Å²) in [4.78, 5) is 40.1. The molecule has 0 aliphatic rings. The van der Waals surface area contributed by atoms with Crippen LogP contribution in [-0.2, 0) is 19.2 Å². The fourth-order valence-corrected chi connectivity index (χ4v) is 1.64. The maximum absolute atomic E-state index is 10.1. The van der Waals surface area contributed by atoms with E-state index in [1.54, 1.807) is 6.92 Å². The molecule has 33 heavy (non-hydrogen) atoms. The van der Waals surface area contributed by atoms with Crippen LogP contribution < -0.4 is 0 Å². The number of rotatable bonds is 12. The summed E-state index contributed by atoms with van der Waals surface area (Å²) in [5.74, 6) is -3.16. The Bertz CT molecular complexity index is 672. The van der Waals surface area contributed by atoms with Crippen LogP contribution in [0.25, 0.3) is 0 Å². The average Bonchev–Trinajstić information content (AvgIpc) is 2.72. The molecule has 0 aromatic heterocycles. The zero-order valence-corrected chi connectivity index (χ0v) is 20.8. The van der Waals surface area contributed by atoms with Gasteiger partial charge in [0.15, 0.2) is 0 Å². The molecule has 0 aliphatic heterocycles. The lowest BCUT2D eigenvalue weighted by Gasteiger charge is -2.01. The summed E-state index contributed by atoms with van der Waals surface area (Å²) in [6, 6.07) is 0. The van der Waals surface area contributed by atoms with Gasteiger partial charge in [-0.15, -0.1) is 0 Å². The van der Waals surface area contributed by atoms with Crippen molar-refractivity contribution in [1.82, 2.24) is 0 Å². The molecule has 0 radical (unpaired) electrons. The second-order valence-electron chi connectivity index (χ2n) is 7.44. The van der Waals surface area contributed by atoms with Crippen molar-refractivity contribution in [3.63, 3.8) is 0 Å². The predicted molar refractivity (Wildman–Crippen MR) is 131 cm³/mol. The van der Waals surface area contributed by atoms with E-state index in [9.17, 15) is 19.2 Å². The van der Waals surface area contributed by atoms with Crippen molar-refractivity contribution in [3.8, 4) is 0 Å². The van der Waals surface area contributed by atoms with E-state index in [1.807, 2.05) is 27.7 Å². The van der Waals surface area contributed by atoms with E-state index in [0.29, 0.717) is 48.3 Å². The molecule has 0 spiro atoms. The monoisotopic (exact) mass is 470 g/mol. The third-order valence-electron chi connectivity index (χ3n) is 3.68. The molecule has 0 aliphatic carbocycles. The van der Waals surface area contributed by atoms with Gasteiger partial charge in [0.1, 0.15) is 0 Å².